The number of urea groups is 1. The van der Waals surface area contributed by atoms with E-state index < -0.39 is 11.9 Å². The summed E-state index contributed by atoms with van der Waals surface area (Å²) in [6.07, 6.45) is 0.752. The minimum Gasteiger partial charge on any atom is -0.481 e. The van der Waals surface area contributed by atoms with Crippen molar-refractivity contribution >= 4 is 12.0 Å². The average Bonchev–Trinajstić information content (AvgIpc) is 2.38. The van der Waals surface area contributed by atoms with E-state index in [9.17, 15) is 9.59 Å². The van der Waals surface area contributed by atoms with Gasteiger partial charge in [0.25, 0.3) is 0 Å². The van der Waals surface area contributed by atoms with E-state index in [0.29, 0.717) is 6.54 Å². The summed E-state index contributed by atoms with van der Waals surface area (Å²) in [5, 5.41) is 14.4. The first-order valence-corrected chi connectivity index (χ1v) is 7.20. The van der Waals surface area contributed by atoms with E-state index in [0.717, 1.165) is 6.42 Å². The van der Waals surface area contributed by atoms with E-state index >= 15 is 0 Å². The van der Waals surface area contributed by atoms with E-state index in [1.165, 1.54) is 11.1 Å². The van der Waals surface area contributed by atoms with Gasteiger partial charge in [0.2, 0.25) is 0 Å². The summed E-state index contributed by atoms with van der Waals surface area (Å²) < 4.78 is 0. The number of hydrogen-bond donors (Lipinski definition) is 3. The number of carbonyl (C=O) groups excluding carboxylic acids is 1. The Morgan fingerprint density at radius 3 is 2.52 bits per heavy atom. The number of carbonyl (C=O) groups is 2. The fourth-order valence-corrected chi connectivity index (χ4v) is 2.06. The molecule has 1 aromatic rings. The Morgan fingerprint density at radius 1 is 1.24 bits per heavy atom. The van der Waals surface area contributed by atoms with E-state index in [1.54, 1.807) is 0 Å². The maximum atomic E-state index is 11.6. The van der Waals surface area contributed by atoms with Gasteiger partial charge in [-0.15, -0.1) is 0 Å². The van der Waals surface area contributed by atoms with Gasteiger partial charge in [-0.25, -0.2) is 4.79 Å². The van der Waals surface area contributed by atoms with Gasteiger partial charge in [-0.1, -0.05) is 43.7 Å². The smallest absolute Gasteiger partial charge is 0.314 e. The minimum atomic E-state index is -0.884. The molecule has 21 heavy (non-hydrogen) atoms. The van der Waals surface area contributed by atoms with Crippen LogP contribution in [-0.4, -0.2) is 30.2 Å². The third-order valence-electron chi connectivity index (χ3n) is 3.39. The first kappa shape index (κ1) is 17.0. The predicted octanol–water partition coefficient (Wildman–Crippen LogP) is 2.19. The number of nitrogens with one attached hydrogen (secondary N) is 2. The zero-order chi connectivity index (χ0) is 15.8. The molecular formula is C16H24N2O3. The maximum absolute atomic E-state index is 11.6. The molecule has 2 amide bonds. The van der Waals surface area contributed by atoms with Crippen LogP contribution in [0.15, 0.2) is 24.3 Å². The van der Waals surface area contributed by atoms with E-state index in [1.807, 2.05) is 39.0 Å². The van der Waals surface area contributed by atoms with Crippen LogP contribution in [-0.2, 0) is 11.2 Å². The molecule has 0 spiro atoms. The van der Waals surface area contributed by atoms with Gasteiger partial charge in [-0.2, -0.15) is 0 Å². The molecule has 0 fully saturated rings. The highest BCUT2D eigenvalue weighted by Gasteiger charge is 2.21. The van der Waals surface area contributed by atoms with Crippen LogP contribution in [0, 0.1) is 18.8 Å². The molecule has 0 aromatic heterocycles. The second kappa shape index (κ2) is 8.29. The van der Waals surface area contributed by atoms with Crippen molar-refractivity contribution in [3.63, 3.8) is 0 Å². The number of aryl methyl sites for hydroxylation is 1. The van der Waals surface area contributed by atoms with E-state index in [4.69, 9.17) is 5.11 Å². The van der Waals surface area contributed by atoms with Crippen LogP contribution in [0.25, 0.3) is 0 Å². The molecule has 0 bridgehead atoms. The van der Waals surface area contributed by atoms with Crippen molar-refractivity contribution in [3.8, 4) is 0 Å². The second-order valence-corrected chi connectivity index (χ2v) is 5.56. The van der Waals surface area contributed by atoms with Gasteiger partial charge in [-0.3, -0.25) is 4.79 Å². The van der Waals surface area contributed by atoms with Gasteiger partial charge >= 0.3 is 12.0 Å². The topological polar surface area (TPSA) is 78.4 Å². The maximum Gasteiger partial charge on any atom is 0.314 e. The number of carboxylic acids is 1. The fraction of sp³-hybridized carbons (Fsp3) is 0.500. The molecule has 116 valence electrons. The third-order valence-corrected chi connectivity index (χ3v) is 3.39. The van der Waals surface area contributed by atoms with Crippen molar-refractivity contribution < 1.29 is 14.7 Å². The molecule has 0 radical (unpaired) electrons. The first-order chi connectivity index (χ1) is 9.90. The van der Waals surface area contributed by atoms with Crippen molar-refractivity contribution in [1.82, 2.24) is 10.6 Å². The molecule has 0 aliphatic heterocycles. The first-order valence-electron chi connectivity index (χ1n) is 7.20. The van der Waals surface area contributed by atoms with Crippen LogP contribution >= 0.6 is 0 Å². The van der Waals surface area contributed by atoms with Crippen LogP contribution in [0.3, 0.4) is 0 Å². The predicted molar refractivity (Wildman–Crippen MR) is 82.2 cm³/mol. The van der Waals surface area contributed by atoms with Gasteiger partial charge in [0.1, 0.15) is 0 Å². The number of amides is 2. The highest BCUT2D eigenvalue weighted by molar-refractivity contribution is 5.75. The second-order valence-electron chi connectivity index (χ2n) is 5.56. The Labute approximate surface area is 125 Å². The summed E-state index contributed by atoms with van der Waals surface area (Å²) >= 11 is 0. The zero-order valence-electron chi connectivity index (χ0n) is 12.8. The molecule has 0 aliphatic rings. The molecule has 0 heterocycles. The summed E-state index contributed by atoms with van der Waals surface area (Å²) in [4.78, 5) is 22.6. The number of hydrogen-bond acceptors (Lipinski definition) is 2. The molecule has 0 aliphatic carbocycles. The van der Waals surface area contributed by atoms with Crippen molar-refractivity contribution in [3.05, 3.63) is 35.4 Å². The molecule has 1 unspecified atom stereocenters. The van der Waals surface area contributed by atoms with Crippen molar-refractivity contribution in [1.29, 1.82) is 0 Å². The van der Waals surface area contributed by atoms with Crippen molar-refractivity contribution in [2.45, 2.75) is 27.2 Å². The van der Waals surface area contributed by atoms with Gasteiger partial charge in [0, 0.05) is 13.1 Å². The summed E-state index contributed by atoms with van der Waals surface area (Å²) in [5.74, 6) is -1.47. The van der Waals surface area contributed by atoms with Crippen molar-refractivity contribution in [2.24, 2.45) is 11.8 Å². The lowest BCUT2D eigenvalue weighted by atomic mass is 9.96. The van der Waals surface area contributed by atoms with Crippen LogP contribution < -0.4 is 10.6 Å². The van der Waals surface area contributed by atoms with Gasteiger partial charge in [0.15, 0.2) is 0 Å². The van der Waals surface area contributed by atoms with Crippen LogP contribution in [0.4, 0.5) is 4.79 Å². The Hall–Kier alpha value is -2.04. The molecule has 0 saturated carbocycles. The standard InChI is InChI=1S/C16H24N2O3/c1-11(2)14(15(19)20)10-18-16(21)17-8-7-13-6-4-5-12(3)9-13/h4-6,9,11,14H,7-8,10H2,1-3H3,(H,19,20)(H2,17,18,21). The fourth-order valence-electron chi connectivity index (χ4n) is 2.06. The lowest BCUT2D eigenvalue weighted by Gasteiger charge is -2.17. The monoisotopic (exact) mass is 292 g/mol. The lowest BCUT2D eigenvalue weighted by molar-refractivity contribution is -0.142. The Kier molecular flexibility index (Phi) is 6.72. The highest BCUT2D eigenvalue weighted by atomic mass is 16.4. The minimum absolute atomic E-state index is 0.0184. The Morgan fingerprint density at radius 2 is 1.95 bits per heavy atom. The molecule has 1 rings (SSSR count). The van der Waals surface area contributed by atoms with Crippen LogP contribution in [0.1, 0.15) is 25.0 Å². The van der Waals surface area contributed by atoms with Gasteiger partial charge < -0.3 is 15.7 Å². The van der Waals surface area contributed by atoms with Crippen LogP contribution in [0.5, 0.6) is 0 Å². The summed E-state index contributed by atoms with van der Waals surface area (Å²) in [7, 11) is 0. The molecule has 5 nitrogen and oxygen atoms in total. The average molecular weight is 292 g/mol. The number of benzene rings is 1. The number of carboxylic acid groups (broad SMARTS) is 1. The van der Waals surface area contributed by atoms with E-state index in [2.05, 4.69) is 16.7 Å². The quantitative estimate of drug-likeness (QED) is 0.721. The zero-order valence-corrected chi connectivity index (χ0v) is 12.8. The van der Waals surface area contributed by atoms with Crippen LogP contribution in [0.2, 0.25) is 0 Å². The lowest BCUT2D eigenvalue weighted by Crippen LogP contribution is -2.41. The largest absolute Gasteiger partial charge is 0.481 e. The molecular weight excluding hydrogens is 268 g/mol. The number of rotatable bonds is 7. The highest BCUT2D eigenvalue weighted by Crippen LogP contribution is 2.09. The molecule has 1 aromatic carbocycles. The Balaban J connectivity index is 2.29. The molecule has 1 atom stereocenters. The van der Waals surface area contributed by atoms with Crippen molar-refractivity contribution in [2.75, 3.05) is 13.1 Å². The normalized spacial score (nSPS) is 12.0. The number of aliphatic carboxylic acids is 1. The summed E-state index contributed by atoms with van der Waals surface area (Å²) in [6.45, 7) is 6.35. The van der Waals surface area contributed by atoms with Gasteiger partial charge in [-0.05, 0) is 24.8 Å². The third kappa shape index (κ3) is 6.29. The summed E-state index contributed by atoms with van der Waals surface area (Å²) in [6, 6.07) is 7.80. The van der Waals surface area contributed by atoms with E-state index in [-0.39, 0.29) is 18.5 Å². The molecule has 0 saturated heterocycles. The molecule has 5 heteroatoms. The molecule has 3 N–H and O–H groups in total. The Bertz CT molecular complexity index is 486. The van der Waals surface area contributed by atoms with Gasteiger partial charge in [0.05, 0.1) is 5.92 Å². The summed E-state index contributed by atoms with van der Waals surface area (Å²) in [5.41, 5.74) is 2.36. The SMILES string of the molecule is Cc1cccc(CCNC(=O)NCC(C(=O)O)C(C)C)c1.